The molecule has 7 heteroatoms. The number of halogens is 3. The first-order chi connectivity index (χ1) is 10.9. The fourth-order valence-electron chi connectivity index (χ4n) is 3.26. The summed E-state index contributed by atoms with van der Waals surface area (Å²) >= 11 is 0. The second-order valence-corrected chi connectivity index (χ2v) is 5.98. The van der Waals surface area contributed by atoms with E-state index in [1.165, 1.54) is 0 Å². The highest BCUT2D eigenvalue weighted by molar-refractivity contribution is 5.84. The van der Waals surface area contributed by atoms with E-state index in [0.717, 1.165) is 16.9 Å². The molecule has 23 heavy (non-hydrogen) atoms. The Bertz CT molecular complexity index is 550. The lowest BCUT2D eigenvalue weighted by atomic mass is 10.0. The Balaban J connectivity index is 1.62. The zero-order valence-electron chi connectivity index (χ0n) is 12.6. The van der Waals surface area contributed by atoms with Gasteiger partial charge in [0.1, 0.15) is 6.54 Å². The first-order valence-electron chi connectivity index (χ1n) is 7.72. The van der Waals surface area contributed by atoms with Crippen molar-refractivity contribution in [1.29, 1.82) is 0 Å². The number of carbonyl (C=O) groups excluding carboxylic acids is 1. The summed E-state index contributed by atoms with van der Waals surface area (Å²) < 4.78 is 43.1. The minimum Gasteiger partial charge on any atom is -0.372 e. The molecule has 126 valence electrons. The Morgan fingerprint density at radius 3 is 2.65 bits per heavy atom. The highest BCUT2D eigenvalue weighted by Gasteiger charge is 2.41. The number of carbonyl (C=O) groups is 1. The zero-order valence-corrected chi connectivity index (χ0v) is 12.6. The van der Waals surface area contributed by atoms with Crippen molar-refractivity contribution in [1.82, 2.24) is 10.2 Å². The lowest BCUT2D eigenvalue weighted by molar-refractivity contribution is -0.158. The van der Waals surface area contributed by atoms with Gasteiger partial charge in [-0.15, -0.1) is 0 Å². The minimum atomic E-state index is -4.35. The Morgan fingerprint density at radius 1 is 1.22 bits per heavy atom. The van der Waals surface area contributed by atoms with Crippen LogP contribution in [0.5, 0.6) is 0 Å². The monoisotopic (exact) mass is 328 g/mol. The molecule has 2 fully saturated rings. The van der Waals surface area contributed by atoms with Crippen LogP contribution in [0.25, 0.3) is 0 Å². The molecule has 0 radical (unpaired) electrons. The highest BCUT2D eigenvalue weighted by Crippen LogP contribution is 2.30. The van der Waals surface area contributed by atoms with Gasteiger partial charge < -0.3 is 9.64 Å². The van der Waals surface area contributed by atoms with E-state index in [1.807, 2.05) is 30.3 Å². The third-order valence-corrected chi connectivity index (χ3v) is 4.30. The largest absolute Gasteiger partial charge is 0.406 e. The van der Waals surface area contributed by atoms with Crippen molar-refractivity contribution in [2.45, 2.75) is 37.2 Å². The fourth-order valence-corrected chi connectivity index (χ4v) is 3.26. The van der Waals surface area contributed by atoms with E-state index < -0.39 is 24.7 Å². The third-order valence-electron chi connectivity index (χ3n) is 4.30. The van der Waals surface area contributed by atoms with Crippen LogP contribution in [0.1, 0.15) is 24.5 Å². The molecule has 1 N–H and O–H groups in total. The Morgan fingerprint density at radius 2 is 1.96 bits per heavy atom. The molecule has 2 heterocycles. The minimum absolute atomic E-state index is 0.0582. The van der Waals surface area contributed by atoms with E-state index in [2.05, 4.69) is 5.32 Å². The fraction of sp³-hybridized carbons (Fsp3) is 0.562. The molecule has 3 atom stereocenters. The molecule has 0 aliphatic carbocycles. The van der Waals surface area contributed by atoms with Crippen LogP contribution < -0.4 is 5.32 Å². The lowest BCUT2D eigenvalue weighted by Crippen LogP contribution is -2.46. The number of rotatable bonds is 4. The van der Waals surface area contributed by atoms with Crippen molar-refractivity contribution in [2.24, 2.45) is 0 Å². The first-order valence-corrected chi connectivity index (χ1v) is 7.72. The molecule has 0 unspecified atom stereocenters. The van der Waals surface area contributed by atoms with Crippen molar-refractivity contribution < 1.29 is 22.7 Å². The number of hydrogen-bond acceptors (Lipinski definition) is 3. The van der Waals surface area contributed by atoms with E-state index in [-0.39, 0.29) is 18.7 Å². The predicted molar refractivity (Wildman–Crippen MR) is 77.7 cm³/mol. The van der Waals surface area contributed by atoms with Gasteiger partial charge in [0.25, 0.3) is 0 Å². The molecule has 1 amide bonds. The molecule has 2 aliphatic rings. The van der Waals surface area contributed by atoms with E-state index in [9.17, 15) is 18.0 Å². The summed E-state index contributed by atoms with van der Waals surface area (Å²) in [4.78, 5) is 13.0. The Kier molecular flexibility index (Phi) is 4.59. The van der Waals surface area contributed by atoms with Crippen molar-refractivity contribution in [2.75, 3.05) is 19.7 Å². The van der Waals surface area contributed by atoms with Crippen molar-refractivity contribution in [3.05, 3.63) is 35.9 Å². The van der Waals surface area contributed by atoms with Gasteiger partial charge in [-0.1, -0.05) is 30.3 Å². The number of amides is 1. The lowest BCUT2D eigenvalue weighted by Gasteiger charge is -2.24. The van der Waals surface area contributed by atoms with Crippen molar-refractivity contribution >= 4 is 5.91 Å². The van der Waals surface area contributed by atoms with Crippen LogP contribution >= 0.6 is 0 Å². The molecule has 2 saturated heterocycles. The summed E-state index contributed by atoms with van der Waals surface area (Å²) in [6.07, 6.45) is -3.39. The molecule has 0 saturated carbocycles. The van der Waals surface area contributed by atoms with Crippen LogP contribution in [0.4, 0.5) is 13.2 Å². The van der Waals surface area contributed by atoms with Crippen molar-refractivity contribution in [3.63, 3.8) is 0 Å². The Hall–Kier alpha value is -1.60. The van der Waals surface area contributed by atoms with E-state index in [1.54, 1.807) is 0 Å². The molecular weight excluding hydrogens is 309 g/mol. The van der Waals surface area contributed by atoms with Gasteiger partial charge in [0, 0.05) is 19.2 Å². The second-order valence-electron chi connectivity index (χ2n) is 5.98. The van der Waals surface area contributed by atoms with Crippen LogP contribution in [0.15, 0.2) is 30.3 Å². The summed E-state index contributed by atoms with van der Waals surface area (Å²) in [5.74, 6) is -0.471. The molecule has 4 nitrogen and oxygen atoms in total. The van der Waals surface area contributed by atoms with Gasteiger partial charge in [0.05, 0.1) is 12.1 Å². The average Bonchev–Trinajstić information content (AvgIpc) is 3.09. The van der Waals surface area contributed by atoms with Gasteiger partial charge in [-0.3, -0.25) is 10.1 Å². The smallest absolute Gasteiger partial charge is 0.372 e. The molecule has 0 aromatic heterocycles. The summed E-state index contributed by atoms with van der Waals surface area (Å²) in [7, 11) is 0. The van der Waals surface area contributed by atoms with Gasteiger partial charge in [-0.05, 0) is 18.4 Å². The molecule has 0 bridgehead atoms. The van der Waals surface area contributed by atoms with Gasteiger partial charge in [0.15, 0.2) is 0 Å². The second kappa shape index (κ2) is 6.49. The average molecular weight is 328 g/mol. The molecular formula is C16H19F3N2O2. The summed E-state index contributed by atoms with van der Waals surface area (Å²) in [5.41, 5.74) is 1.01. The SMILES string of the molecule is O=C1[C@H](N[C@H]2CCO[C@@H]2c2ccccc2)CCN1CC(F)(F)F. The maximum absolute atomic E-state index is 12.5. The topological polar surface area (TPSA) is 41.6 Å². The number of nitrogens with one attached hydrogen (secondary N) is 1. The molecule has 3 rings (SSSR count). The van der Waals surface area contributed by atoms with Crippen LogP contribution in [0.2, 0.25) is 0 Å². The quantitative estimate of drug-likeness (QED) is 0.922. The first kappa shape index (κ1) is 16.3. The van der Waals surface area contributed by atoms with Gasteiger partial charge in [-0.25, -0.2) is 0 Å². The molecule has 1 aromatic carbocycles. The Labute approximate surface area is 132 Å². The zero-order chi connectivity index (χ0) is 16.4. The maximum Gasteiger partial charge on any atom is 0.406 e. The van der Waals surface area contributed by atoms with E-state index in [4.69, 9.17) is 4.74 Å². The number of benzene rings is 1. The standard InChI is InChI=1S/C16H19F3N2O2/c17-16(18,19)10-21-8-6-13(15(21)22)20-12-7-9-23-14(12)11-4-2-1-3-5-11/h1-5,12-14,20H,6-10H2/t12-,13+,14+/m0/s1. The van der Waals surface area contributed by atoms with E-state index >= 15 is 0 Å². The normalized spacial score (nSPS) is 28.6. The van der Waals surface area contributed by atoms with Crippen molar-refractivity contribution in [3.8, 4) is 0 Å². The summed E-state index contributed by atoms with van der Waals surface area (Å²) in [5, 5.41) is 3.21. The van der Waals surface area contributed by atoms with Crippen LogP contribution in [-0.4, -0.2) is 48.8 Å². The van der Waals surface area contributed by atoms with Crippen LogP contribution in [0, 0.1) is 0 Å². The van der Waals surface area contributed by atoms with E-state index in [0.29, 0.717) is 13.0 Å². The van der Waals surface area contributed by atoms with Gasteiger partial charge in [0.2, 0.25) is 5.91 Å². The van der Waals surface area contributed by atoms with Gasteiger partial charge in [-0.2, -0.15) is 13.2 Å². The number of hydrogen-bond donors (Lipinski definition) is 1. The molecule has 0 spiro atoms. The number of ether oxygens (including phenoxy) is 1. The van der Waals surface area contributed by atoms with Crippen LogP contribution in [0.3, 0.4) is 0 Å². The molecule has 2 aliphatic heterocycles. The number of alkyl halides is 3. The van der Waals surface area contributed by atoms with Gasteiger partial charge >= 0.3 is 6.18 Å². The number of nitrogens with zero attached hydrogens (tertiary/aromatic N) is 1. The predicted octanol–water partition coefficient (Wildman–Crippen LogP) is 2.27. The summed E-state index contributed by atoms with van der Waals surface area (Å²) in [6, 6.07) is 9.04. The summed E-state index contributed by atoms with van der Waals surface area (Å²) in [6.45, 7) is -0.461. The molecule has 1 aromatic rings. The maximum atomic E-state index is 12.5. The third kappa shape index (κ3) is 3.84. The highest BCUT2D eigenvalue weighted by atomic mass is 19.4. The van der Waals surface area contributed by atoms with Crippen LogP contribution in [-0.2, 0) is 9.53 Å². The number of likely N-dealkylation sites (tertiary alicyclic amines) is 1.